The van der Waals surface area contributed by atoms with E-state index >= 15 is 0 Å². The summed E-state index contributed by atoms with van der Waals surface area (Å²) in [7, 11) is 0. The van der Waals surface area contributed by atoms with Crippen molar-refractivity contribution in [1.82, 2.24) is 10.0 Å². The summed E-state index contributed by atoms with van der Waals surface area (Å²) in [4.78, 5) is 24.9. The molecule has 1 aromatic rings. The highest BCUT2D eigenvalue weighted by Crippen LogP contribution is 2.17. The molecular weight excluding hydrogens is 316 g/mol. The molecule has 2 atom stereocenters. The molecule has 0 spiro atoms. The molecule has 0 aromatic heterocycles. The van der Waals surface area contributed by atoms with Crippen LogP contribution in [0.3, 0.4) is 0 Å². The molecule has 0 aliphatic carbocycles. The molecule has 0 bridgehead atoms. The Bertz CT molecular complexity index is 526. The van der Waals surface area contributed by atoms with Gasteiger partial charge in [-0.15, -0.1) is 12.4 Å². The highest BCUT2D eigenvalue weighted by molar-refractivity contribution is 5.92. The van der Waals surface area contributed by atoms with E-state index in [0.717, 1.165) is 12.8 Å². The van der Waals surface area contributed by atoms with E-state index in [0.29, 0.717) is 18.8 Å². The van der Waals surface area contributed by atoms with Crippen LogP contribution in [0.1, 0.15) is 26.7 Å². The van der Waals surface area contributed by atoms with Gasteiger partial charge >= 0.3 is 6.03 Å². The number of anilines is 1. The number of nitrogens with two attached hydrogens (primary N) is 1. The summed E-state index contributed by atoms with van der Waals surface area (Å²) >= 11 is 0. The minimum Gasteiger partial charge on any atom is -0.320 e. The molecule has 2 rings (SSSR count). The Morgan fingerprint density at radius 1 is 1.22 bits per heavy atom. The van der Waals surface area contributed by atoms with Gasteiger partial charge in [-0.05, 0) is 24.5 Å². The van der Waals surface area contributed by atoms with Crippen LogP contribution < -0.4 is 11.1 Å². The molecule has 1 aromatic carbocycles. The highest BCUT2D eigenvalue weighted by Gasteiger charge is 2.34. The minimum atomic E-state index is -0.574. The highest BCUT2D eigenvalue weighted by atomic mass is 35.5. The summed E-state index contributed by atoms with van der Waals surface area (Å²) in [5.41, 5.74) is 6.72. The minimum absolute atomic E-state index is 0. The summed E-state index contributed by atoms with van der Waals surface area (Å²) in [6.07, 6.45) is 1.60. The van der Waals surface area contributed by atoms with Gasteiger partial charge in [0.15, 0.2) is 0 Å². The third-order valence-electron chi connectivity index (χ3n) is 4.09. The number of hydrogen-bond acceptors (Lipinski definition) is 3. The third kappa shape index (κ3) is 4.59. The lowest BCUT2D eigenvalue weighted by Gasteiger charge is -2.31. The summed E-state index contributed by atoms with van der Waals surface area (Å²) in [6.45, 7) is 5.01. The normalized spacial score (nSPS) is 16.5. The summed E-state index contributed by atoms with van der Waals surface area (Å²) < 4.78 is 0. The Hall–Kier alpha value is -1.79. The van der Waals surface area contributed by atoms with E-state index in [1.807, 2.05) is 44.2 Å². The fraction of sp³-hybridized carbons (Fsp3) is 0.500. The number of rotatable bonds is 4. The number of urea groups is 1. The second kappa shape index (κ2) is 8.74. The summed E-state index contributed by atoms with van der Waals surface area (Å²) in [6, 6.07) is 8.33. The van der Waals surface area contributed by atoms with Crippen molar-refractivity contribution in [1.29, 1.82) is 0 Å². The first-order valence-corrected chi connectivity index (χ1v) is 7.75. The molecule has 0 radical (unpaired) electrons. The van der Waals surface area contributed by atoms with Gasteiger partial charge in [0, 0.05) is 18.8 Å². The van der Waals surface area contributed by atoms with Crippen molar-refractivity contribution in [3.63, 3.8) is 0 Å². The molecule has 23 heavy (non-hydrogen) atoms. The second-order valence-corrected chi connectivity index (χ2v) is 5.65. The first kappa shape index (κ1) is 19.3. The van der Waals surface area contributed by atoms with E-state index in [1.165, 1.54) is 10.0 Å². The van der Waals surface area contributed by atoms with Crippen molar-refractivity contribution in [2.75, 3.05) is 18.4 Å². The standard InChI is InChI=1S/C16H24N4O2.ClH/c1-3-12(2)14(17)15(21)19-10-7-11-20(19)16(22)18-13-8-5-4-6-9-13;/h4-6,8-9,12,14H,3,7,10-11,17H2,1-2H3,(H,18,22);1H/t12?,14-;/m0./s1. The van der Waals surface area contributed by atoms with E-state index in [2.05, 4.69) is 5.32 Å². The van der Waals surface area contributed by atoms with Gasteiger partial charge in [0.25, 0.3) is 5.91 Å². The SMILES string of the molecule is CCC(C)[C@H](N)C(=O)N1CCCN1C(=O)Nc1ccccc1.Cl. The third-order valence-corrected chi connectivity index (χ3v) is 4.09. The van der Waals surface area contributed by atoms with Gasteiger partial charge in [0.05, 0.1) is 6.04 Å². The van der Waals surface area contributed by atoms with Crippen LogP contribution in [0.5, 0.6) is 0 Å². The molecule has 0 saturated carbocycles. The van der Waals surface area contributed by atoms with Crippen LogP contribution >= 0.6 is 12.4 Å². The van der Waals surface area contributed by atoms with Crippen LogP contribution in [0.2, 0.25) is 0 Å². The fourth-order valence-electron chi connectivity index (χ4n) is 2.43. The Kier molecular flexibility index (Phi) is 7.32. The van der Waals surface area contributed by atoms with Gasteiger partial charge in [-0.25, -0.2) is 14.8 Å². The van der Waals surface area contributed by atoms with E-state index < -0.39 is 6.04 Å². The number of carbonyl (C=O) groups excluding carboxylic acids is 2. The quantitative estimate of drug-likeness (QED) is 0.883. The van der Waals surface area contributed by atoms with Crippen LogP contribution in [0, 0.1) is 5.92 Å². The fourth-order valence-corrected chi connectivity index (χ4v) is 2.43. The predicted octanol–water partition coefficient (Wildman–Crippen LogP) is 2.46. The number of nitrogens with one attached hydrogen (secondary N) is 1. The number of para-hydroxylation sites is 1. The maximum atomic E-state index is 12.5. The molecule has 1 fully saturated rings. The van der Waals surface area contributed by atoms with Crippen molar-refractivity contribution in [2.45, 2.75) is 32.7 Å². The molecule has 3 N–H and O–H groups in total. The Balaban J connectivity index is 0.00000264. The Morgan fingerprint density at radius 3 is 2.43 bits per heavy atom. The molecule has 1 saturated heterocycles. The lowest BCUT2D eigenvalue weighted by molar-refractivity contribution is -0.142. The van der Waals surface area contributed by atoms with Gasteiger partial charge in [-0.1, -0.05) is 38.5 Å². The molecule has 3 amide bonds. The monoisotopic (exact) mass is 340 g/mol. The van der Waals surface area contributed by atoms with Crippen molar-refractivity contribution in [3.8, 4) is 0 Å². The summed E-state index contributed by atoms with van der Waals surface area (Å²) in [5.74, 6) is -0.0952. The summed E-state index contributed by atoms with van der Waals surface area (Å²) in [5, 5.41) is 5.74. The maximum absolute atomic E-state index is 12.5. The average Bonchev–Trinajstić information content (AvgIpc) is 3.03. The lowest BCUT2D eigenvalue weighted by Crippen LogP contribution is -2.53. The smallest absolute Gasteiger partial charge is 0.320 e. The van der Waals surface area contributed by atoms with Gasteiger partial charge in [-0.3, -0.25) is 4.79 Å². The number of carbonyl (C=O) groups is 2. The van der Waals surface area contributed by atoms with Crippen LogP contribution in [-0.4, -0.2) is 41.1 Å². The topological polar surface area (TPSA) is 78.7 Å². The van der Waals surface area contributed by atoms with Crippen molar-refractivity contribution < 1.29 is 9.59 Å². The van der Waals surface area contributed by atoms with Gasteiger partial charge in [0.1, 0.15) is 0 Å². The zero-order valence-electron chi connectivity index (χ0n) is 13.6. The number of benzene rings is 1. The molecule has 6 nitrogen and oxygen atoms in total. The first-order valence-electron chi connectivity index (χ1n) is 7.75. The zero-order valence-corrected chi connectivity index (χ0v) is 14.4. The van der Waals surface area contributed by atoms with Crippen LogP contribution in [0.4, 0.5) is 10.5 Å². The van der Waals surface area contributed by atoms with Crippen molar-refractivity contribution >= 4 is 30.0 Å². The number of amides is 3. The van der Waals surface area contributed by atoms with E-state index in [-0.39, 0.29) is 30.3 Å². The second-order valence-electron chi connectivity index (χ2n) is 5.65. The lowest BCUT2D eigenvalue weighted by atomic mass is 9.99. The number of nitrogens with zero attached hydrogens (tertiary/aromatic N) is 2. The zero-order chi connectivity index (χ0) is 16.1. The van der Waals surface area contributed by atoms with E-state index in [4.69, 9.17) is 5.73 Å². The number of halogens is 1. The molecule has 1 unspecified atom stereocenters. The molecule has 7 heteroatoms. The van der Waals surface area contributed by atoms with Crippen LogP contribution in [-0.2, 0) is 4.79 Å². The molecule has 1 aliphatic rings. The van der Waals surface area contributed by atoms with Gasteiger partial charge in [-0.2, -0.15) is 0 Å². The molecule has 1 aliphatic heterocycles. The first-order chi connectivity index (χ1) is 10.5. The molecule has 128 valence electrons. The van der Waals surface area contributed by atoms with Gasteiger partial charge in [0.2, 0.25) is 0 Å². The van der Waals surface area contributed by atoms with Crippen LogP contribution in [0.25, 0.3) is 0 Å². The maximum Gasteiger partial charge on any atom is 0.340 e. The van der Waals surface area contributed by atoms with E-state index in [9.17, 15) is 9.59 Å². The number of hydrogen-bond donors (Lipinski definition) is 2. The van der Waals surface area contributed by atoms with Crippen molar-refractivity contribution in [3.05, 3.63) is 30.3 Å². The Labute approximate surface area is 143 Å². The molecular formula is C16H25ClN4O2. The van der Waals surface area contributed by atoms with Gasteiger partial charge < -0.3 is 11.1 Å². The number of hydrazine groups is 1. The van der Waals surface area contributed by atoms with Crippen molar-refractivity contribution in [2.24, 2.45) is 11.7 Å². The largest absolute Gasteiger partial charge is 0.340 e. The average molecular weight is 341 g/mol. The molecule has 1 heterocycles. The predicted molar refractivity (Wildman–Crippen MR) is 93.2 cm³/mol. The Morgan fingerprint density at radius 2 is 1.83 bits per heavy atom. The van der Waals surface area contributed by atoms with Crippen LogP contribution in [0.15, 0.2) is 30.3 Å². The van der Waals surface area contributed by atoms with E-state index in [1.54, 1.807) is 0 Å².